The van der Waals surface area contributed by atoms with Crippen LogP contribution in [0.1, 0.15) is 161 Å². The quantitative estimate of drug-likeness (QED) is 0.0161. The second-order valence-corrected chi connectivity index (χ2v) is 18.1. The first kappa shape index (κ1) is 52.0. The molecule has 2 N–H and O–H groups in total. The van der Waals surface area contributed by atoms with Gasteiger partial charge in [0.05, 0.1) is 38.4 Å². The molecule has 1 aromatic heterocycles. The van der Waals surface area contributed by atoms with Gasteiger partial charge < -0.3 is 24.2 Å². The van der Waals surface area contributed by atoms with Crippen molar-refractivity contribution in [3.63, 3.8) is 0 Å². The molecule has 2 atom stereocenters. The lowest BCUT2D eigenvalue weighted by Crippen LogP contribution is -2.37. The summed E-state index contributed by atoms with van der Waals surface area (Å²) in [4.78, 5) is 46.1. The predicted octanol–water partition coefficient (Wildman–Crippen LogP) is 10.2. The molecule has 0 saturated carbocycles. The van der Waals surface area contributed by atoms with Crippen LogP contribution < -0.4 is 5.32 Å². The number of likely N-dealkylation sites (N-methyl/N-ethyl adjacent to an activating group) is 1. The summed E-state index contributed by atoms with van der Waals surface area (Å²) in [5, 5.41) is 21.9. The van der Waals surface area contributed by atoms with Crippen LogP contribution in [0.3, 0.4) is 0 Å². The first-order valence-electron chi connectivity index (χ1n) is 22.2. The van der Waals surface area contributed by atoms with Crippen LogP contribution in [0.15, 0.2) is 16.8 Å². The highest BCUT2D eigenvalue weighted by Crippen LogP contribution is 2.43. The Labute approximate surface area is 352 Å². The lowest BCUT2D eigenvalue weighted by molar-refractivity contribution is -0.870. The zero-order valence-electron chi connectivity index (χ0n) is 36.5. The molecule has 0 aliphatic carbocycles. The number of non-ortho nitro benzene ring substituents is 1. The fraction of sp³-hybridized carbons (Fsp3) is 0.810. The molecule has 338 valence electrons. The number of carbonyl (C=O) groups excluding carboxylic acids is 2. The van der Waals surface area contributed by atoms with Crippen LogP contribution in [0.25, 0.3) is 11.0 Å². The second-order valence-electron chi connectivity index (χ2n) is 16.6. The molecule has 0 radical (unpaired) electrons. The van der Waals surface area contributed by atoms with Crippen molar-refractivity contribution in [2.45, 2.75) is 167 Å². The summed E-state index contributed by atoms with van der Waals surface area (Å²) in [5.74, 6) is -0.876. The molecule has 0 bridgehead atoms. The second kappa shape index (κ2) is 30.8. The zero-order chi connectivity index (χ0) is 43.2. The van der Waals surface area contributed by atoms with Gasteiger partial charge in [0.2, 0.25) is 5.52 Å². The lowest BCUT2D eigenvalue weighted by atomic mass is 10.0. The van der Waals surface area contributed by atoms with Crippen LogP contribution in [0.2, 0.25) is 0 Å². The molecular weight excluding hydrogens is 781 g/mol. The average Bonchev–Trinajstić information content (AvgIpc) is 3.68. The van der Waals surface area contributed by atoms with Crippen molar-refractivity contribution < 1.29 is 51.6 Å². The van der Waals surface area contributed by atoms with Gasteiger partial charge in [-0.1, -0.05) is 129 Å². The standard InChI is InChI=1S/C42H74N5O11P/c1-5-6-7-8-9-10-11-12-13-15-18-21-24-27-39(48)54-34-36(35-56-59(52,53)55-33-32-47(2,3)4)57-40(49)28-25-22-19-16-14-17-20-23-26-31-43-37-29-30-38(46(50)51)42-41(37)44-58-45-42/h29-30,36H,5-28,31-35H2,1-4H3,(H-,43,45,52,53)/p+1/t36-/m1/s1. The molecular formula is C42H75N5O11P+. The number of nitro benzene ring substituents is 1. The Kier molecular flexibility index (Phi) is 27.1. The van der Waals surface area contributed by atoms with Crippen molar-refractivity contribution in [3.05, 3.63) is 22.2 Å². The number of phosphoric acid groups is 1. The molecule has 59 heavy (non-hydrogen) atoms. The molecule has 2 aromatic rings. The Bertz CT molecular complexity index is 1500. The van der Waals surface area contributed by atoms with E-state index in [4.69, 9.17) is 23.2 Å². The summed E-state index contributed by atoms with van der Waals surface area (Å²) in [5.41, 5.74) is 1.00. The van der Waals surface area contributed by atoms with Crippen molar-refractivity contribution in [1.82, 2.24) is 10.3 Å². The van der Waals surface area contributed by atoms with Crippen LogP contribution in [0, 0.1) is 10.1 Å². The number of anilines is 1. The third-order valence-electron chi connectivity index (χ3n) is 10.1. The maximum Gasteiger partial charge on any atom is 0.472 e. The number of esters is 2. The maximum atomic E-state index is 12.7. The third-order valence-corrected chi connectivity index (χ3v) is 11.1. The van der Waals surface area contributed by atoms with Gasteiger partial charge in [-0.05, 0) is 35.6 Å². The number of unbranched alkanes of at least 4 members (excludes halogenated alkanes) is 20. The number of aromatic nitrogens is 2. The van der Waals surface area contributed by atoms with Crippen LogP contribution in [0.4, 0.5) is 11.4 Å². The monoisotopic (exact) mass is 857 g/mol. The Hall–Kier alpha value is -3.17. The molecule has 0 fully saturated rings. The minimum absolute atomic E-state index is 0.00575. The van der Waals surface area contributed by atoms with Gasteiger partial charge in [-0.3, -0.25) is 28.8 Å². The van der Waals surface area contributed by atoms with Crippen LogP contribution in [-0.4, -0.2) is 96.7 Å². The van der Waals surface area contributed by atoms with E-state index >= 15 is 0 Å². The molecule has 0 saturated heterocycles. The molecule has 1 unspecified atom stereocenters. The number of hydrogen-bond acceptors (Lipinski definition) is 13. The van der Waals surface area contributed by atoms with Gasteiger partial charge in [0.1, 0.15) is 19.8 Å². The third kappa shape index (κ3) is 25.9. The first-order chi connectivity index (χ1) is 28.3. The summed E-state index contributed by atoms with van der Waals surface area (Å²) >= 11 is 0. The first-order valence-corrected chi connectivity index (χ1v) is 23.7. The van der Waals surface area contributed by atoms with Gasteiger partial charge in [0.15, 0.2) is 11.6 Å². The SMILES string of the molecule is CCCCCCCCCCCCCCCC(=O)OC[C@H](COP(=O)(O)OCC[N+](C)(C)C)OC(=O)CCCCCCCCCCCNc1ccc([N+](=O)[O-])c2nonc12. The van der Waals surface area contributed by atoms with E-state index in [1.54, 1.807) is 6.07 Å². The number of nitro groups is 1. The highest BCUT2D eigenvalue weighted by molar-refractivity contribution is 7.47. The Morgan fingerprint density at radius 1 is 0.763 bits per heavy atom. The molecule has 1 heterocycles. The van der Waals surface area contributed by atoms with Crippen molar-refractivity contribution in [2.75, 3.05) is 59.4 Å². The number of benzene rings is 1. The minimum Gasteiger partial charge on any atom is -0.462 e. The Balaban J connectivity index is 1.60. The predicted molar refractivity (Wildman–Crippen MR) is 229 cm³/mol. The van der Waals surface area contributed by atoms with E-state index in [9.17, 15) is 29.2 Å². The fourth-order valence-corrected chi connectivity index (χ4v) is 7.29. The maximum absolute atomic E-state index is 12.7. The van der Waals surface area contributed by atoms with Crippen LogP contribution in [0.5, 0.6) is 0 Å². The van der Waals surface area contributed by atoms with Crippen molar-refractivity contribution in [2.24, 2.45) is 0 Å². The number of carbonyl (C=O) groups is 2. The molecule has 0 spiro atoms. The smallest absolute Gasteiger partial charge is 0.462 e. The number of fused-ring (bicyclic) bond motifs is 1. The van der Waals surface area contributed by atoms with Crippen molar-refractivity contribution >= 4 is 42.2 Å². The minimum atomic E-state index is -4.41. The van der Waals surface area contributed by atoms with Gasteiger partial charge in [-0.15, -0.1) is 0 Å². The van der Waals surface area contributed by atoms with Gasteiger partial charge in [-0.25, -0.2) is 9.19 Å². The highest BCUT2D eigenvalue weighted by Gasteiger charge is 2.27. The normalized spacial score (nSPS) is 13.3. The van der Waals surface area contributed by atoms with Gasteiger partial charge in [0, 0.05) is 25.5 Å². The number of nitrogens with one attached hydrogen (secondary N) is 1. The topological polar surface area (TPSA) is 202 Å². The summed E-state index contributed by atoms with van der Waals surface area (Å²) in [6, 6.07) is 3.02. The molecule has 0 aliphatic rings. The van der Waals surface area contributed by atoms with Gasteiger partial charge in [-0.2, -0.15) is 0 Å². The summed E-state index contributed by atoms with van der Waals surface area (Å²) in [7, 11) is 1.39. The average molecular weight is 857 g/mol. The molecule has 2 rings (SSSR count). The number of phosphoric ester groups is 1. The van der Waals surface area contributed by atoms with E-state index in [0.29, 0.717) is 35.2 Å². The lowest BCUT2D eigenvalue weighted by Gasteiger charge is -2.24. The molecule has 0 amide bonds. The van der Waals surface area contributed by atoms with Crippen LogP contribution in [-0.2, 0) is 32.7 Å². The Morgan fingerprint density at radius 3 is 1.81 bits per heavy atom. The van der Waals surface area contributed by atoms with E-state index in [1.807, 2.05) is 21.1 Å². The zero-order valence-corrected chi connectivity index (χ0v) is 37.4. The van der Waals surface area contributed by atoms with E-state index in [2.05, 4.69) is 22.6 Å². The molecule has 16 nitrogen and oxygen atoms in total. The Morgan fingerprint density at radius 2 is 1.27 bits per heavy atom. The van der Waals surface area contributed by atoms with E-state index < -0.39 is 37.4 Å². The van der Waals surface area contributed by atoms with E-state index in [1.165, 1.54) is 70.3 Å². The molecule has 17 heteroatoms. The number of nitrogens with zero attached hydrogens (tertiary/aromatic N) is 4. The number of rotatable bonds is 38. The number of quaternary nitrogens is 1. The van der Waals surface area contributed by atoms with Crippen molar-refractivity contribution in [3.8, 4) is 0 Å². The van der Waals surface area contributed by atoms with Crippen LogP contribution >= 0.6 is 7.82 Å². The van der Waals surface area contributed by atoms with Gasteiger partial charge in [0.25, 0.3) is 0 Å². The fourth-order valence-electron chi connectivity index (χ4n) is 6.55. The number of ether oxygens (including phenoxy) is 2. The number of hydrogen-bond donors (Lipinski definition) is 2. The highest BCUT2D eigenvalue weighted by atomic mass is 31.2. The molecule has 0 aliphatic heterocycles. The largest absolute Gasteiger partial charge is 0.472 e. The summed E-state index contributed by atoms with van der Waals surface area (Å²) in [6.07, 6.45) is 23.9. The summed E-state index contributed by atoms with van der Waals surface area (Å²) < 4.78 is 39.0. The van der Waals surface area contributed by atoms with Crippen molar-refractivity contribution in [1.29, 1.82) is 0 Å². The van der Waals surface area contributed by atoms with E-state index in [0.717, 1.165) is 70.6 Å². The van der Waals surface area contributed by atoms with E-state index in [-0.39, 0.29) is 37.3 Å². The summed E-state index contributed by atoms with van der Waals surface area (Å²) in [6.45, 7) is 2.73. The molecule has 1 aromatic carbocycles. The van der Waals surface area contributed by atoms with Gasteiger partial charge >= 0.3 is 25.4 Å².